The van der Waals surface area contributed by atoms with E-state index in [0.29, 0.717) is 12.1 Å². The number of hydrogen-bond donors (Lipinski definition) is 1. The number of methoxy groups -OCH3 is 1. The molecule has 2 atom stereocenters. The van der Waals surface area contributed by atoms with Gasteiger partial charge in [0, 0.05) is 44.0 Å². The van der Waals surface area contributed by atoms with Crippen molar-refractivity contribution in [3.8, 4) is 0 Å². The van der Waals surface area contributed by atoms with Crippen LogP contribution in [-0.4, -0.2) is 57.5 Å². The number of aromatic nitrogens is 2. The number of H-pyrrole nitrogens is 1. The standard InChI is InChI=1S/C18H26N4O10/c1-30-18(25)13(8-14-10-19-12-20-14)9-16(24)6-2-4-15(23)5-3-7-17(32-22(28)29)11-31-21(26)27/h10,12-13,17H,2-9,11H2,1H3,(H,19,20)/t13?,17-/m0/s1. The van der Waals surface area contributed by atoms with E-state index < -0.39 is 34.8 Å². The zero-order chi connectivity index (χ0) is 23.9. The van der Waals surface area contributed by atoms with Gasteiger partial charge in [0.15, 0.2) is 0 Å². The lowest BCUT2D eigenvalue weighted by Crippen LogP contribution is -2.24. The molecule has 1 heterocycles. The summed E-state index contributed by atoms with van der Waals surface area (Å²) >= 11 is 0. The van der Waals surface area contributed by atoms with Crippen molar-refractivity contribution in [2.24, 2.45) is 5.92 Å². The predicted octanol–water partition coefficient (Wildman–Crippen LogP) is 1.40. The summed E-state index contributed by atoms with van der Waals surface area (Å²) in [5, 5.41) is 18.4. The molecule has 0 saturated heterocycles. The zero-order valence-corrected chi connectivity index (χ0v) is 17.6. The smallest absolute Gasteiger partial charge is 0.309 e. The van der Waals surface area contributed by atoms with Crippen molar-refractivity contribution in [1.82, 2.24) is 9.97 Å². The summed E-state index contributed by atoms with van der Waals surface area (Å²) in [6.07, 6.45) is 2.99. The van der Waals surface area contributed by atoms with E-state index in [9.17, 15) is 34.6 Å². The topological polar surface area (TPSA) is 194 Å². The minimum absolute atomic E-state index is 0.0176. The van der Waals surface area contributed by atoms with E-state index in [4.69, 9.17) is 4.74 Å². The van der Waals surface area contributed by atoms with E-state index in [2.05, 4.69) is 19.6 Å². The van der Waals surface area contributed by atoms with Crippen molar-refractivity contribution in [3.63, 3.8) is 0 Å². The number of nitrogens with one attached hydrogen (secondary N) is 1. The minimum Gasteiger partial charge on any atom is -0.469 e. The van der Waals surface area contributed by atoms with Gasteiger partial charge in [-0.3, -0.25) is 14.4 Å². The highest BCUT2D eigenvalue weighted by atomic mass is 17.0. The summed E-state index contributed by atoms with van der Waals surface area (Å²) < 4.78 is 4.74. The number of esters is 1. The first-order valence-electron chi connectivity index (χ1n) is 9.88. The summed E-state index contributed by atoms with van der Waals surface area (Å²) in [5.74, 6) is -1.49. The maximum atomic E-state index is 12.2. The average molecular weight is 458 g/mol. The van der Waals surface area contributed by atoms with Gasteiger partial charge in [-0.05, 0) is 19.3 Å². The number of ether oxygens (including phenoxy) is 1. The molecule has 0 saturated carbocycles. The number of carbonyl (C=O) groups is 3. The first-order chi connectivity index (χ1) is 15.2. The molecule has 1 aromatic rings. The second kappa shape index (κ2) is 14.4. The molecule has 0 aliphatic carbocycles. The van der Waals surface area contributed by atoms with Crippen LogP contribution in [0.5, 0.6) is 0 Å². The predicted molar refractivity (Wildman–Crippen MR) is 105 cm³/mol. The lowest BCUT2D eigenvalue weighted by atomic mass is 9.94. The van der Waals surface area contributed by atoms with Gasteiger partial charge < -0.3 is 19.4 Å². The van der Waals surface area contributed by atoms with Gasteiger partial charge in [-0.2, -0.15) is 0 Å². The van der Waals surface area contributed by atoms with Gasteiger partial charge >= 0.3 is 5.97 Å². The van der Waals surface area contributed by atoms with Crippen molar-refractivity contribution >= 4 is 17.5 Å². The Morgan fingerprint density at radius 1 is 1.09 bits per heavy atom. The van der Waals surface area contributed by atoms with Crippen molar-refractivity contribution in [1.29, 1.82) is 0 Å². The van der Waals surface area contributed by atoms with Crippen LogP contribution in [0.1, 0.15) is 50.6 Å². The molecule has 178 valence electrons. The second-order valence-corrected chi connectivity index (χ2v) is 7.00. The SMILES string of the molecule is COC(=O)C(CC(=O)CCCC(=O)CCC[C@@H](CO[N+](=O)[O-])O[N+](=O)[O-])Cc1cnc[nH]1. The lowest BCUT2D eigenvalue weighted by molar-refractivity contribution is -0.790. The lowest BCUT2D eigenvalue weighted by Gasteiger charge is -2.13. The quantitative estimate of drug-likeness (QED) is 0.190. The Morgan fingerprint density at radius 3 is 2.38 bits per heavy atom. The Morgan fingerprint density at radius 2 is 1.78 bits per heavy atom. The van der Waals surface area contributed by atoms with Crippen LogP contribution >= 0.6 is 0 Å². The van der Waals surface area contributed by atoms with Crippen LogP contribution in [0.4, 0.5) is 0 Å². The Balaban J connectivity index is 2.32. The molecular weight excluding hydrogens is 432 g/mol. The summed E-state index contributed by atoms with van der Waals surface area (Å²) in [5.41, 5.74) is 0.700. The molecule has 0 aliphatic heterocycles. The van der Waals surface area contributed by atoms with E-state index in [1.165, 1.54) is 13.4 Å². The third-order valence-corrected chi connectivity index (χ3v) is 4.52. The number of ketones is 2. The first kappa shape index (κ1) is 26.5. The molecular formula is C18H26N4O10. The highest BCUT2D eigenvalue weighted by Gasteiger charge is 2.23. The summed E-state index contributed by atoms with van der Waals surface area (Å²) in [7, 11) is 1.25. The van der Waals surface area contributed by atoms with Gasteiger partial charge in [0.2, 0.25) is 0 Å². The molecule has 14 nitrogen and oxygen atoms in total. The Hall–Kier alpha value is -3.58. The summed E-state index contributed by atoms with van der Waals surface area (Å²) in [6, 6.07) is 0. The molecule has 0 bridgehead atoms. The van der Waals surface area contributed by atoms with E-state index in [1.54, 1.807) is 6.20 Å². The Kier molecular flexibility index (Phi) is 11.9. The number of hydrogen-bond acceptors (Lipinski definition) is 11. The number of aromatic amines is 1. The normalized spacial score (nSPS) is 12.4. The van der Waals surface area contributed by atoms with E-state index in [1.807, 2.05) is 0 Å². The molecule has 32 heavy (non-hydrogen) atoms. The molecule has 0 aromatic carbocycles. The van der Waals surface area contributed by atoms with Crippen molar-refractivity contribution in [2.75, 3.05) is 13.7 Å². The number of nitrogens with zero attached hydrogens (tertiary/aromatic N) is 3. The molecule has 14 heteroatoms. The van der Waals surface area contributed by atoms with Crippen molar-refractivity contribution < 1.29 is 39.0 Å². The average Bonchev–Trinajstić information content (AvgIpc) is 3.23. The number of rotatable bonds is 18. The maximum absolute atomic E-state index is 12.2. The second-order valence-electron chi connectivity index (χ2n) is 7.00. The molecule has 1 aromatic heterocycles. The molecule has 1 rings (SSSR count). The molecule has 0 spiro atoms. The van der Waals surface area contributed by atoms with Gasteiger partial charge in [-0.25, -0.2) is 4.98 Å². The van der Waals surface area contributed by atoms with Crippen LogP contribution in [0.15, 0.2) is 12.5 Å². The Bertz CT molecular complexity index is 768. The Labute approximate surface area is 182 Å². The first-order valence-corrected chi connectivity index (χ1v) is 9.88. The largest absolute Gasteiger partial charge is 0.469 e. The third kappa shape index (κ3) is 11.6. The van der Waals surface area contributed by atoms with Crippen molar-refractivity contribution in [3.05, 3.63) is 38.4 Å². The van der Waals surface area contributed by atoms with Crippen LogP contribution in [0.25, 0.3) is 0 Å². The summed E-state index contributed by atoms with van der Waals surface area (Å²) in [6.45, 7) is -0.615. The molecule has 0 amide bonds. The van der Waals surface area contributed by atoms with Gasteiger partial charge in [-0.15, -0.1) is 20.2 Å². The van der Waals surface area contributed by atoms with Gasteiger partial charge in [0.1, 0.15) is 24.3 Å². The number of imidazole rings is 1. The van der Waals surface area contributed by atoms with E-state index in [-0.39, 0.29) is 56.5 Å². The molecule has 0 radical (unpaired) electrons. The highest BCUT2D eigenvalue weighted by Crippen LogP contribution is 2.16. The maximum Gasteiger partial charge on any atom is 0.309 e. The van der Waals surface area contributed by atoms with Gasteiger partial charge in [-0.1, -0.05) is 0 Å². The molecule has 0 fully saturated rings. The third-order valence-electron chi connectivity index (χ3n) is 4.52. The molecule has 1 unspecified atom stereocenters. The van der Waals surface area contributed by atoms with Crippen LogP contribution in [0.2, 0.25) is 0 Å². The van der Waals surface area contributed by atoms with Crippen LogP contribution in [0, 0.1) is 26.1 Å². The van der Waals surface area contributed by atoms with Crippen LogP contribution < -0.4 is 0 Å². The van der Waals surface area contributed by atoms with Crippen molar-refractivity contribution in [2.45, 2.75) is 57.5 Å². The minimum atomic E-state index is -1.16. The number of Topliss-reactive ketones (excluding diaryl/α,β-unsaturated/α-hetero) is 2. The van der Waals surface area contributed by atoms with Crippen LogP contribution in [-0.2, 0) is 35.2 Å². The highest BCUT2D eigenvalue weighted by molar-refractivity contribution is 5.85. The molecule has 0 aliphatic rings. The fourth-order valence-corrected chi connectivity index (χ4v) is 3.01. The monoisotopic (exact) mass is 458 g/mol. The number of carbonyl (C=O) groups excluding carboxylic acids is 3. The van der Waals surface area contributed by atoms with E-state index >= 15 is 0 Å². The fraction of sp³-hybridized carbons (Fsp3) is 0.667. The fourth-order valence-electron chi connectivity index (χ4n) is 3.01. The molecule has 1 N–H and O–H groups in total. The van der Waals surface area contributed by atoms with Crippen LogP contribution in [0.3, 0.4) is 0 Å². The van der Waals surface area contributed by atoms with Gasteiger partial charge in [0.25, 0.3) is 10.2 Å². The zero-order valence-electron chi connectivity index (χ0n) is 17.6. The summed E-state index contributed by atoms with van der Waals surface area (Å²) in [4.78, 5) is 71.8. The van der Waals surface area contributed by atoms with E-state index in [0.717, 1.165) is 0 Å². The van der Waals surface area contributed by atoms with Gasteiger partial charge in [0.05, 0.1) is 19.4 Å².